The number of benzene rings is 3. The third-order valence-corrected chi connectivity index (χ3v) is 5.65. The fourth-order valence-corrected chi connectivity index (χ4v) is 3.85. The van der Waals surface area contributed by atoms with Gasteiger partial charge in [-0.1, -0.05) is 0 Å². The molecule has 2 aliphatic heterocycles. The van der Waals surface area contributed by atoms with Gasteiger partial charge in [-0.25, -0.2) is 0 Å². The number of hydrogen-bond donors (Lipinski definition) is 1. The van der Waals surface area contributed by atoms with Gasteiger partial charge in [0.25, 0.3) is 11.8 Å². The highest BCUT2D eigenvalue weighted by Gasteiger charge is 2.26. The van der Waals surface area contributed by atoms with E-state index < -0.39 is 0 Å². The summed E-state index contributed by atoms with van der Waals surface area (Å²) in [4.78, 5) is 27.0. The normalized spacial score (nSPS) is 13.6. The molecule has 0 fully saturated rings. The van der Waals surface area contributed by atoms with Crippen molar-refractivity contribution in [3.63, 3.8) is 0 Å². The molecule has 0 saturated carbocycles. The topological polar surface area (TPSA) is 95.6 Å². The average molecular weight is 476 g/mol. The Bertz CT molecular complexity index is 1240. The predicted octanol–water partition coefficient (Wildman–Crippen LogP) is 3.87. The van der Waals surface area contributed by atoms with E-state index >= 15 is 0 Å². The van der Waals surface area contributed by atoms with Gasteiger partial charge in [0.2, 0.25) is 6.79 Å². The average Bonchev–Trinajstić information content (AvgIpc) is 3.36. The van der Waals surface area contributed by atoms with Gasteiger partial charge < -0.3 is 33.9 Å². The number of amides is 2. The minimum absolute atomic E-state index is 0.0325. The molecule has 9 heteroatoms. The number of carbonyl (C=O) groups excluding carboxylic acids is 2. The summed E-state index contributed by atoms with van der Waals surface area (Å²) in [6.07, 6.45) is 0.616. The Balaban J connectivity index is 1.23. The summed E-state index contributed by atoms with van der Waals surface area (Å²) in [7, 11) is 1.61. The minimum atomic E-state index is -0.300. The molecule has 3 aromatic rings. The molecule has 0 unspecified atom stereocenters. The van der Waals surface area contributed by atoms with Gasteiger partial charge in [0.05, 0.1) is 19.4 Å². The third-order valence-electron chi connectivity index (χ3n) is 5.65. The lowest BCUT2D eigenvalue weighted by atomic mass is 10.1. The van der Waals surface area contributed by atoms with Gasteiger partial charge in [0, 0.05) is 17.8 Å². The number of ether oxygens (including phenoxy) is 5. The second-order valence-corrected chi connectivity index (χ2v) is 7.92. The smallest absolute Gasteiger partial charge is 0.265 e. The molecule has 5 rings (SSSR count). The van der Waals surface area contributed by atoms with E-state index in [9.17, 15) is 9.59 Å². The van der Waals surface area contributed by atoms with E-state index in [0.717, 1.165) is 11.5 Å². The first-order chi connectivity index (χ1) is 17.1. The maximum atomic E-state index is 12.8. The highest BCUT2D eigenvalue weighted by molar-refractivity contribution is 6.05. The number of nitrogens with one attached hydrogen (secondary N) is 1. The van der Waals surface area contributed by atoms with Crippen LogP contribution in [0.15, 0.2) is 60.7 Å². The van der Waals surface area contributed by atoms with Crippen molar-refractivity contribution < 1.29 is 33.3 Å². The zero-order chi connectivity index (χ0) is 24.2. The number of nitrogens with zero attached hydrogens (tertiary/aromatic N) is 1. The van der Waals surface area contributed by atoms with Gasteiger partial charge in [-0.05, 0) is 67.1 Å². The highest BCUT2D eigenvalue weighted by Crippen LogP contribution is 2.36. The molecule has 3 aromatic carbocycles. The first kappa shape index (κ1) is 22.4. The standard InChI is InChI=1S/C26H24N2O7/c1-31-19-5-7-20(8-6-19)32-12-2-11-28-21-14-18(4-10-22(21)33-15-25(28)29)27-26(30)17-3-9-23-24(13-17)35-16-34-23/h3-10,13-14H,2,11-12,15-16H2,1H3,(H,27,30). The number of rotatable bonds is 8. The van der Waals surface area contributed by atoms with Crippen LogP contribution in [-0.4, -0.2) is 45.5 Å². The van der Waals surface area contributed by atoms with Crippen molar-refractivity contribution in [1.29, 1.82) is 0 Å². The Kier molecular flexibility index (Phi) is 6.30. The van der Waals surface area contributed by atoms with Gasteiger partial charge in [-0.3, -0.25) is 9.59 Å². The molecule has 0 aliphatic carbocycles. The molecule has 2 heterocycles. The van der Waals surface area contributed by atoms with Crippen LogP contribution in [0.3, 0.4) is 0 Å². The van der Waals surface area contributed by atoms with Crippen molar-refractivity contribution in [3.05, 3.63) is 66.2 Å². The van der Waals surface area contributed by atoms with Gasteiger partial charge in [-0.15, -0.1) is 0 Å². The third kappa shape index (κ3) is 4.93. The summed E-state index contributed by atoms with van der Waals surface area (Å²) >= 11 is 0. The summed E-state index contributed by atoms with van der Waals surface area (Å²) in [5.41, 5.74) is 1.59. The van der Waals surface area contributed by atoms with Crippen molar-refractivity contribution >= 4 is 23.2 Å². The summed E-state index contributed by atoms with van der Waals surface area (Å²) in [5, 5.41) is 2.87. The van der Waals surface area contributed by atoms with Crippen molar-refractivity contribution in [1.82, 2.24) is 0 Å². The van der Waals surface area contributed by atoms with E-state index in [-0.39, 0.29) is 25.2 Å². The lowest BCUT2D eigenvalue weighted by Gasteiger charge is -2.30. The van der Waals surface area contributed by atoms with Crippen molar-refractivity contribution in [2.24, 2.45) is 0 Å². The van der Waals surface area contributed by atoms with E-state index in [1.807, 2.05) is 24.3 Å². The van der Waals surface area contributed by atoms with E-state index in [4.69, 9.17) is 23.7 Å². The zero-order valence-corrected chi connectivity index (χ0v) is 19.1. The SMILES string of the molecule is COc1ccc(OCCCN2C(=O)COc3ccc(NC(=O)c4ccc5c(c4)OCO5)cc32)cc1. The van der Waals surface area contributed by atoms with E-state index in [2.05, 4.69) is 5.32 Å². The van der Waals surface area contributed by atoms with Gasteiger partial charge in [0.1, 0.15) is 17.2 Å². The Labute approximate surface area is 202 Å². The molecule has 0 spiro atoms. The number of hydrogen-bond acceptors (Lipinski definition) is 7. The van der Waals surface area contributed by atoms with E-state index in [1.54, 1.807) is 48.4 Å². The van der Waals surface area contributed by atoms with Crippen LogP contribution in [0.1, 0.15) is 16.8 Å². The molecule has 0 saturated heterocycles. The molecular formula is C26H24N2O7. The Morgan fingerprint density at radius 1 is 0.943 bits per heavy atom. The summed E-state index contributed by atoms with van der Waals surface area (Å²) < 4.78 is 27.1. The lowest BCUT2D eigenvalue weighted by Crippen LogP contribution is -2.39. The number of carbonyl (C=O) groups is 2. The van der Waals surface area contributed by atoms with Crippen LogP contribution in [0.2, 0.25) is 0 Å². The quantitative estimate of drug-likeness (QED) is 0.493. The molecule has 2 amide bonds. The second-order valence-electron chi connectivity index (χ2n) is 7.92. The van der Waals surface area contributed by atoms with Crippen molar-refractivity contribution in [2.45, 2.75) is 6.42 Å². The van der Waals surface area contributed by atoms with E-state index in [0.29, 0.717) is 53.8 Å². The van der Waals surface area contributed by atoms with E-state index in [1.165, 1.54) is 0 Å². The van der Waals surface area contributed by atoms with Crippen LogP contribution in [0.4, 0.5) is 11.4 Å². The fraction of sp³-hybridized carbons (Fsp3) is 0.231. The molecule has 35 heavy (non-hydrogen) atoms. The predicted molar refractivity (Wildman–Crippen MR) is 128 cm³/mol. The summed E-state index contributed by atoms with van der Waals surface area (Å²) in [5.74, 6) is 2.76. The largest absolute Gasteiger partial charge is 0.497 e. The maximum absolute atomic E-state index is 12.8. The molecular weight excluding hydrogens is 452 g/mol. The van der Waals surface area contributed by atoms with Crippen molar-refractivity contribution in [2.75, 3.05) is 43.9 Å². The number of methoxy groups -OCH3 is 1. The molecule has 0 aromatic heterocycles. The fourth-order valence-electron chi connectivity index (χ4n) is 3.85. The second kappa shape index (κ2) is 9.84. The number of anilines is 2. The van der Waals surface area contributed by atoms with Gasteiger partial charge in [-0.2, -0.15) is 0 Å². The zero-order valence-electron chi connectivity index (χ0n) is 19.1. The van der Waals surface area contributed by atoms with Crippen LogP contribution < -0.4 is 33.9 Å². The highest BCUT2D eigenvalue weighted by atomic mass is 16.7. The van der Waals surface area contributed by atoms with Crippen LogP contribution in [-0.2, 0) is 4.79 Å². The molecule has 1 N–H and O–H groups in total. The van der Waals surface area contributed by atoms with Crippen molar-refractivity contribution in [3.8, 4) is 28.7 Å². The number of fused-ring (bicyclic) bond motifs is 2. The van der Waals surface area contributed by atoms with Crippen LogP contribution in [0.5, 0.6) is 28.7 Å². The molecule has 0 bridgehead atoms. The minimum Gasteiger partial charge on any atom is -0.497 e. The first-order valence-electron chi connectivity index (χ1n) is 11.2. The lowest BCUT2D eigenvalue weighted by molar-refractivity contribution is -0.121. The van der Waals surface area contributed by atoms with Crippen LogP contribution in [0, 0.1) is 0 Å². The maximum Gasteiger partial charge on any atom is 0.265 e. The van der Waals surface area contributed by atoms with Crippen LogP contribution >= 0.6 is 0 Å². The Hall–Kier alpha value is -4.40. The Morgan fingerprint density at radius 2 is 1.71 bits per heavy atom. The van der Waals surface area contributed by atoms with Gasteiger partial charge in [0.15, 0.2) is 18.1 Å². The molecule has 180 valence electrons. The molecule has 2 aliphatic rings. The molecule has 9 nitrogen and oxygen atoms in total. The summed E-state index contributed by atoms with van der Waals surface area (Å²) in [6.45, 7) is 0.993. The molecule has 0 radical (unpaired) electrons. The first-order valence-corrected chi connectivity index (χ1v) is 11.2. The van der Waals surface area contributed by atoms with Crippen LogP contribution in [0.25, 0.3) is 0 Å². The Morgan fingerprint density at radius 3 is 2.54 bits per heavy atom. The summed E-state index contributed by atoms with van der Waals surface area (Å²) in [6, 6.07) is 17.6. The monoisotopic (exact) mass is 476 g/mol. The molecule has 0 atom stereocenters. The van der Waals surface area contributed by atoms with Gasteiger partial charge >= 0.3 is 0 Å².